The molecule has 1 fully saturated rings. The van der Waals surface area contributed by atoms with Crippen molar-refractivity contribution in [3.05, 3.63) is 58.1 Å². The largest absolute Gasteiger partial charge is 0.378 e. The number of morpholine rings is 1. The van der Waals surface area contributed by atoms with Crippen molar-refractivity contribution >= 4 is 33.2 Å². The highest BCUT2D eigenvalue weighted by atomic mass is 79.9. The van der Waals surface area contributed by atoms with Crippen molar-refractivity contribution in [1.29, 1.82) is 0 Å². The molecule has 1 heterocycles. The van der Waals surface area contributed by atoms with Crippen LogP contribution in [0.1, 0.15) is 36.7 Å². The van der Waals surface area contributed by atoms with Crippen LogP contribution in [0.3, 0.4) is 0 Å². The van der Waals surface area contributed by atoms with Crippen LogP contribution >= 0.6 is 15.9 Å². The summed E-state index contributed by atoms with van der Waals surface area (Å²) in [7, 11) is 0. The fourth-order valence-corrected chi connectivity index (χ4v) is 3.60. The van der Waals surface area contributed by atoms with E-state index in [0.29, 0.717) is 5.56 Å². The number of rotatable bonds is 3. The lowest BCUT2D eigenvalue weighted by Gasteiger charge is -2.29. The monoisotopic (exact) mass is 416 g/mol. The Morgan fingerprint density at radius 2 is 1.73 bits per heavy atom. The van der Waals surface area contributed by atoms with Gasteiger partial charge in [-0.2, -0.15) is 0 Å². The number of nitrogens with zero attached hydrogens (tertiary/aromatic N) is 1. The lowest BCUT2D eigenvalue weighted by atomic mass is 9.87. The van der Waals surface area contributed by atoms with Crippen LogP contribution in [0, 0.1) is 0 Å². The van der Waals surface area contributed by atoms with Crippen LogP contribution < -0.4 is 10.2 Å². The molecule has 1 saturated heterocycles. The van der Waals surface area contributed by atoms with Gasteiger partial charge in [0.05, 0.1) is 18.9 Å². The summed E-state index contributed by atoms with van der Waals surface area (Å²) in [5.41, 5.74) is 3.85. The van der Waals surface area contributed by atoms with Gasteiger partial charge in [-0.1, -0.05) is 32.9 Å². The summed E-state index contributed by atoms with van der Waals surface area (Å²) in [6.07, 6.45) is 0. The highest BCUT2D eigenvalue weighted by Gasteiger charge is 2.16. The van der Waals surface area contributed by atoms with Crippen molar-refractivity contribution < 1.29 is 9.53 Å². The van der Waals surface area contributed by atoms with Gasteiger partial charge in [-0.25, -0.2) is 0 Å². The Kier molecular flexibility index (Phi) is 5.68. The first-order valence-corrected chi connectivity index (χ1v) is 9.68. The third-order valence-corrected chi connectivity index (χ3v) is 5.21. The molecule has 0 saturated carbocycles. The van der Waals surface area contributed by atoms with Gasteiger partial charge in [-0.05, 0) is 57.2 Å². The van der Waals surface area contributed by atoms with E-state index in [-0.39, 0.29) is 11.3 Å². The van der Waals surface area contributed by atoms with Gasteiger partial charge in [0.25, 0.3) is 5.91 Å². The predicted molar refractivity (Wildman–Crippen MR) is 110 cm³/mol. The molecule has 0 bridgehead atoms. The Labute approximate surface area is 163 Å². The van der Waals surface area contributed by atoms with Crippen LogP contribution in [-0.4, -0.2) is 32.2 Å². The number of benzene rings is 2. The average Bonchev–Trinajstić information content (AvgIpc) is 2.62. The molecule has 1 amide bonds. The van der Waals surface area contributed by atoms with Gasteiger partial charge >= 0.3 is 0 Å². The molecule has 0 radical (unpaired) electrons. The molecule has 1 N–H and O–H groups in total. The van der Waals surface area contributed by atoms with E-state index in [1.807, 2.05) is 42.5 Å². The molecule has 2 aromatic carbocycles. The molecule has 0 spiro atoms. The maximum absolute atomic E-state index is 12.5. The van der Waals surface area contributed by atoms with E-state index < -0.39 is 0 Å². The van der Waals surface area contributed by atoms with Crippen LogP contribution in [0.2, 0.25) is 0 Å². The van der Waals surface area contributed by atoms with E-state index in [1.165, 1.54) is 5.56 Å². The second-order valence-electron chi connectivity index (χ2n) is 7.55. The molecular weight excluding hydrogens is 392 g/mol. The molecule has 0 atom stereocenters. The number of nitrogens with one attached hydrogen (secondary N) is 1. The number of ether oxygens (including phenoxy) is 1. The maximum Gasteiger partial charge on any atom is 0.255 e. The Morgan fingerprint density at radius 1 is 1.08 bits per heavy atom. The average molecular weight is 417 g/mol. The van der Waals surface area contributed by atoms with Crippen LogP contribution in [0.15, 0.2) is 46.9 Å². The van der Waals surface area contributed by atoms with Crippen molar-refractivity contribution in [3.63, 3.8) is 0 Å². The molecule has 3 rings (SSSR count). The van der Waals surface area contributed by atoms with E-state index >= 15 is 0 Å². The highest BCUT2D eigenvalue weighted by Crippen LogP contribution is 2.30. The summed E-state index contributed by atoms with van der Waals surface area (Å²) >= 11 is 3.63. The minimum absolute atomic E-state index is 0.0786. The van der Waals surface area contributed by atoms with Crippen molar-refractivity contribution in [2.24, 2.45) is 0 Å². The summed E-state index contributed by atoms with van der Waals surface area (Å²) in [6, 6.07) is 13.7. The quantitative estimate of drug-likeness (QED) is 0.778. The number of hydrogen-bond acceptors (Lipinski definition) is 3. The van der Waals surface area contributed by atoms with E-state index in [0.717, 1.165) is 42.2 Å². The normalized spacial score (nSPS) is 15.0. The lowest BCUT2D eigenvalue weighted by Crippen LogP contribution is -2.36. The SMILES string of the molecule is CC(C)(C)c1ccc(C(=O)Nc2ccc(N3CCOCC3)c(Br)c2)cc1. The summed E-state index contributed by atoms with van der Waals surface area (Å²) < 4.78 is 6.37. The topological polar surface area (TPSA) is 41.6 Å². The molecule has 0 aliphatic carbocycles. The molecule has 5 heteroatoms. The van der Waals surface area contributed by atoms with Gasteiger partial charge in [-0.15, -0.1) is 0 Å². The standard InChI is InChI=1S/C21H25BrN2O2/c1-21(2,3)16-6-4-15(5-7-16)20(25)23-17-8-9-19(18(22)14-17)24-10-12-26-13-11-24/h4-9,14H,10-13H2,1-3H3,(H,23,25). The number of anilines is 2. The minimum Gasteiger partial charge on any atom is -0.378 e. The predicted octanol–water partition coefficient (Wildman–Crippen LogP) is 4.84. The summed E-state index contributed by atoms with van der Waals surface area (Å²) in [5, 5.41) is 2.98. The van der Waals surface area contributed by atoms with Crippen LogP contribution in [0.25, 0.3) is 0 Å². The van der Waals surface area contributed by atoms with Crippen LogP contribution in [0.5, 0.6) is 0 Å². The zero-order valence-electron chi connectivity index (χ0n) is 15.5. The number of halogens is 1. The van der Waals surface area contributed by atoms with Gasteiger partial charge in [0.15, 0.2) is 0 Å². The highest BCUT2D eigenvalue weighted by molar-refractivity contribution is 9.10. The summed E-state index contributed by atoms with van der Waals surface area (Å²) in [4.78, 5) is 14.8. The third kappa shape index (κ3) is 4.46. The second-order valence-corrected chi connectivity index (χ2v) is 8.40. The first kappa shape index (κ1) is 18.9. The molecule has 0 unspecified atom stereocenters. The Balaban J connectivity index is 1.70. The van der Waals surface area contributed by atoms with Crippen molar-refractivity contribution in [3.8, 4) is 0 Å². The maximum atomic E-state index is 12.5. The minimum atomic E-state index is -0.100. The second kappa shape index (κ2) is 7.80. The van der Waals surface area contributed by atoms with E-state index in [2.05, 4.69) is 46.9 Å². The first-order chi connectivity index (χ1) is 12.3. The summed E-state index contributed by atoms with van der Waals surface area (Å²) in [6.45, 7) is 9.74. The van der Waals surface area contributed by atoms with Gasteiger partial charge in [0.1, 0.15) is 0 Å². The molecule has 138 valence electrons. The summed E-state index contributed by atoms with van der Waals surface area (Å²) in [5.74, 6) is -0.100. The van der Waals surface area contributed by atoms with E-state index in [1.54, 1.807) is 0 Å². The Hall–Kier alpha value is -1.85. The van der Waals surface area contributed by atoms with Crippen LogP contribution in [0.4, 0.5) is 11.4 Å². The zero-order valence-corrected chi connectivity index (χ0v) is 17.1. The Morgan fingerprint density at radius 3 is 2.31 bits per heavy atom. The molecule has 1 aliphatic heterocycles. The fraction of sp³-hybridized carbons (Fsp3) is 0.381. The smallest absolute Gasteiger partial charge is 0.255 e. The Bertz CT molecular complexity index is 776. The molecular formula is C21H25BrN2O2. The number of carbonyl (C=O) groups excluding carboxylic acids is 1. The first-order valence-electron chi connectivity index (χ1n) is 8.89. The molecule has 1 aliphatic rings. The molecule has 26 heavy (non-hydrogen) atoms. The third-order valence-electron chi connectivity index (χ3n) is 4.57. The number of hydrogen-bond donors (Lipinski definition) is 1. The van der Waals surface area contributed by atoms with Crippen molar-refractivity contribution in [2.45, 2.75) is 26.2 Å². The van der Waals surface area contributed by atoms with E-state index in [4.69, 9.17) is 4.74 Å². The number of amides is 1. The zero-order chi connectivity index (χ0) is 18.7. The lowest BCUT2D eigenvalue weighted by molar-refractivity contribution is 0.102. The van der Waals surface area contributed by atoms with E-state index in [9.17, 15) is 4.79 Å². The van der Waals surface area contributed by atoms with Crippen molar-refractivity contribution in [2.75, 3.05) is 36.5 Å². The molecule has 4 nitrogen and oxygen atoms in total. The van der Waals surface area contributed by atoms with Crippen LogP contribution in [-0.2, 0) is 10.2 Å². The number of carbonyl (C=O) groups is 1. The molecule has 2 aromatic rings. The fourth-order valence-electron chi connectivity index (χ4n) is 2.97. The van der Waals surface area contributed by atoms with Gasteiger partial charge in [0, 0.05) is 28.8 Å². The molecule has 0 aromatic heterocycles. The van der Waals surface area contributed by atoms with Gasteiger partial charge in [0.2, 0.25) is 0 Å². The van der Waals surface area contributed by atoms with Crippen molar-refractivity contribution in [1.82, 2.24) is 0 Å². The van der Waals surface area contributed by atoms with Gasteiger partial charge < -0.3 is 15.0 Å². The van der Waals surface area contributed by atoms with Gasteiger partial charge in [-0.3, -0.25) is 4.79 Å².